The first kappa shape index (κ1) is 17.6. The fraction of sp³-hybridized carbons (Fsp3) is 0.882. The smallest absolute Gasteiger partial charge is 0.322 e. The highest BCUT2D eigenvalue weighted by Crippen LogP contribution is 2.31. The average molecular weight is 338 g/mol. The molecule has 1 unspecified atom stereocenters. The van der Waals surface area contributed by atoms with Gasteiger partial charge < -0.3 is 15.0 Å². The largest absolute Gasteiger partial charge is 0.379 e. The minimum absolute atomic E-state index is 0.124. The summed E-state index contributed by atoms with van der Waals surface area (Å²) in [5.74, 6) is 0.0197. The number of piperidine rings is 1. The molecule has 7 nitrogen and oxygen atoms in total. The third kappa shape index (κ3) is 3.43. The van der Waals surface area contributed by atoms with Gasteiger partial charge in [-0.15, -0.1) is 0 Å². The van der Waals surface area contributed by atoms with Gasteiger partial charge in [-0.25, -0.2) is 4.79 Å². The molecule has 0 radical (unpaired) electrons. The lowest BCUT2D eigenvalue weighted by Gasteiger charge is -2.46. The second kappa shape index (κ2) is 6.61. The van der Waals surface area contributed by atoms with Gasteiger partial charge in [0, 0.05) is 25.2 Å². The molecular formula is C17H30N4O3. The van der Waals surface area contributed by atoms with Crippen LogP contribution in [-0.2, 0) is 9.53 Å². The van der Waals surface area contributed by atoms with Gasteiger partial charge in [0.15, 0.2) is 0 Å². The minimum atomic E-state index is -0.747. The van der Waals surface area contributed by atoms with Crippen LogP contribution < -0.4 is 10.6 Å². The topological polar surface area (TPSA) is 73.9 Å². The molecule has 0 saturated carbocycles. The van der Waals surface area contributed by atoms with E-state index in [9.17, 15) is 9.59 Å². The number of imide groups is 1. The molecule has 0 aromatic heterocycles. The van der Waals surface area contributed by atoms with Crippen LogP contribution in [-0.4, -0.2) is 78.8 Å². The van der Waals surface area contributed by atoms with E-state index in [0.29, 0.717) is 0 Å². The van der Waals surface area contributed by atoms with E-state index in [1.807, 2.05) is 6.92 Å². The Morgan fingerprint density at radius 3 is 2.33 bits per heavy atom. The lowest BCUT2D eigenvalue weighted by atomic mass is 9.79. The molecule has 3 aliphatic heterocycles. The lowest BCUT2D eigenvalue weighted by Crippen LogP contribution is -2.58. The molecule has 3 aliphatic rings. The second-order valence-corrected chi connectivity index (χ2v) is 8.07. The van der Waals surface area contributed by atoms with Crippen LogP contribution in [0.3, 0.4) is 0 Å². The van der Waals surface area contributed by atoms with Gasteiger partial charge in [0.05, 0.1) is 13.2 Å². The van der Waals surface area contributed by atoms with Gasteiger partial charge in [-0.3, -0.25) is 15.0 Å². The van der Waals surface area contributed by atoms with Crippen LogP contribution in [0.1, 0.15) is 33.6 Å². The summed E-state index contributed by atoms with van der Waals surface area (Å²) in [6.45, 7) is 13.0. The van der Waals surface area contributed by atoms with Gasteiger partial charge in [-0.2, -0.15) is 0 Å². The number of carbonyl (C=O) groups excluding carboxylic acids is 2. The van der Waals surface area contributed by atoms with E-state index >= 15 is 0 Å². The van der Waals surface area contributed by atoms with Gasteiger partial charge in [-0.05, 0) is 52.6 Å². The highest BCUT2D eigenvalue weighted by molar-refractivity contribution is 6.06. The first-order valence-electron chi connectivity index (χ1n) is 9.00. The van der Waals surface area contributed by atoms with E-state index in [-0.39, 0.29) is 23.4 Å². The van der Waals surface area contributed by atoms with E-state index < -0.39 is 5.54 Å². The van der Waals surface area contributed by atoms with Gasteiger partial charge in [-0.1, -0.05) is 0 Å². The Kier molecular flexibility index (Phi) is 4.86. The summed E-state index contributed by atoms with van der Waals surface area (Å²) in [5, 5.41) is 5.20. The number of hydrogen-bond acceptors (Lipinski definition) is 5. The molecule has 3 rings (SSSR count). The summed E-state index contributed by atoms with van der Waals surface area (Å²) in [6.07, 6.45) is 1.87. The maximum Gasteiger partial charge on any atom is 0.322 e. The quantitative estimate of drug-likeness (QED) is 0.726. The average Bonchev–Trinajstić information content (AvgIpc) is 2.82. The highest BCUT2D eigenvalue weighted by Gasteiger charge is 2.48. The number of rotatable bonds is 4. The van der Waals surface area contributed by atoms with Crippen molar-refractivity contribution < 1.29 is 14.3 Å². The van der Waals surface area contributed by atoms with E-state index in [2.05, 4.69) is 34.3 Å². The Morgan fingerprint density at radius 2 is 1.79 bits per heavy atom. The number of morpholine rings is 1. The fourth-order valence-corrected chi connectivity index (χ4v) is 4.33. The van der Waals surface area contributed by atoms with Crippen molar-refractivity contribution in [3.63, 3.8) is 0 Å². The van der Waals surface area contributed by atoms with Crippen molar-refractivity contribution in [2.45, 2.75) is 44.7 Å². The van der Waals surface area contributed by atoms with Gasteiger partial charge in [0.2, 0.25) is 0 Å². The lowest BCUT2D eigenvalue weighted by molar-refractivity contribution is -0.126. The normalized spacial score (nSPS) is 31.1. The van der Waals surface area contributed by atoms with Crippen LogP contribution in [0.5, 0.6) is 0 Å². The molecule has 3 saturated heterocycles. The van der Waals surface area contributed by atoms with Gasteiger partial charge in [0.1, 0.15) is 5.54 Å². The molecule has 0 spiro atoms. The summed E-state index contributed by atoms with van der Waals surface area (Å²) in [7, 11) is 0. The molecule has 3 amide bonds. The van der Waals surface area contributed by atoms with Crippen LogP contribution in [0.15, 0.2) is 0 Å². The monoisotopic (exact) mass is 338 g/mol. The third-order valence-electron chi connectivity index (χ3n) is 5.95. The molecule has 2 N–H and O–H groups in total. The molecule has 7 heteroatoms. The van der Waals surface area contributed by atoms with Crippen molar-refractivity contribution in [1.82, 2.24) is 20.4 Å². The summed E-state index contributed by atoms with van der Waals surface area (Å²) in [4.78, 5) is 28.6. The van der Waals surface area contributed by atoms with Crippen LogP contribution in [0, 0.1) is 5.92 Å². The molecule has 0 aromatic rings. The number of carbonyl (C=O) groups is 2. The maximum atomic E-state index is 12.1. The molecule has 3 heterocycles. The Hall–Kier alpha value is -1.18. The van der Waals surface area contributed by atoms with Crippen LogP contribution in [0.25, 0.3) is 0 Å². The fourth-order valence-electron chi connectivity index (χ4n) is 4.33. The van der Waals surface area contributed by atoms with Crippen molar-refractivity contribution in [3.05, 3.63) is 0 Å². The second-order valence-electron chi connectivity index (χ2n) is 8.07. The van der Waals surface area contributed by atoms with Crippen molar-refractivity contribution >= 4 is 11.9 Å². The van der Waals surface area contributed by atoms with Crippen LogP contribution in [0.2, 0.25) is 0 Å². The molecule has 1 atom stereocenters. The van der Waals surface area contributed by atoms with Crippen LogP contribution in [0.4, 0.5) is 4.79 Å². The van der Waals surface area contributed by atoms with Gasteiger partial charge in [0.25, 0.3) is 5.91 Å². The molecule has 3 fully saturated rings. The van der Waals surface area contributed by atoms with Crippen molar-refractivity contribution in [2.75, 3.05) is 45.9 Å². The molecule has 0 bridgehead atoms. The summed E-state index contributed by atoms with van der Waals surface area (Å²) >= 11 is 0. The van der Waals surface area contributed by atoms with E-state index in [0.717, 1.165) is 58.8 Å². The number of nitrogens with one attached hydrogen (secondary N) is 2. The zero-order valence-corrected chi connectivity index (χ0v) is 15.1. The number of amides is 3. The molecule has 136 valence electrons. The Morgan fingerprint density at radius 1 is 1.17 bits per heavy atom. The zero-order valence-electron chi connectivity index (χ0n) is 15.1. The maximum absolute atomic E-state index is 12.1. The summed E-state index contributed by atoms with van der Waals surface area (Å²) in [6, 6.07) is -0.363. The first-order valence-corrected chi connectivity index (χ1v) is 9.00. The molecule has 0 aromatic carbocycles. The number of nitrogens with zero attached hydrogens (tertiary/aromatic N) is 2. The molecular weight excluding hydrogens is 308 g/mol. The number of ether oxygens (including phenoxy) is 1. The summed E-state index contributed by atoms with van der Waals surface area (Å²) < 4.78 is 5.46. The minimum Gasteiger partial charge on any atom is -0.379 e. The molecule has 0 aliphatic carbocycles. The van der Waals surface area contributed by atoms with Gasteiger partial charge >= 0.3 is 6.03 Å². The zero-order chi connectivity index (χ0) is 17.4. The van der Waals surface area contributed by atoms with E-state index in [1.54, 1.807) is 0 Å². The number of likely N-dealkylation sites (tertiary alicyclic amines) is 1. The van der Waals surface area contributed by atoms with Crippen LogP contribution >= 0.6 is 0 Å². The molecule has 24 heavy (non-hydrogen) atoms. The Bertz CT molecular complexity index is 496. The predicted octanol–water partition coefficient (Wildman–Crippen LogP) is 0.407. The number of hydrogen-bond donors (Lipinski definition) is 2. The SMILES string of the molecule is CC1(C2CCN(CC(C)(C)N3CCOCC3)CC2)NC(=O)NC1=O. The standard InChI is InChI=1S/C17H30N4O3/c1-16(2,21-8-10-24-11-9-21)12-20-6-4-13(5-7-20)17(3)14(22)18-15(23)19-17/h13H,4-12H2,1-3H3,(H2,18,19,22,23). The van der Waals surface area contributed by atoms with Crippen molar-refractivity contribution in [2.24, 2.45) is 5.92 Å². The highest BCUT2D eigenvalue weighted by atomic mass is 16.5. The van der Waals surface area contributed by atoms with E-state index in [4.69, 9.17) is 4.74 Å². The van der Waals surface area contributed by atoms with Crippen molar-refractivity contribution in [1.29, 1.82) is 0 Å². The first-order chi connectivity index (χ1) is 11.3. The summed E-state index contributed by atoms with van der Waals surface area (Å²) in [5.41, 5.74) is -0.623. The predicted molar refractivity (Wildman–Crippen MR) is 90.7 cm³/mol. The van der Waals surface area contributed by atoms with E-state index in [1.165, 1.54) is 0 Å². The Labute approximate surface area is 144 Å². The Balaban J connectivity index is 1.53. The third-order valence-corrected chi connectivity index (χ3v) is 5.95. The number of urea groups is 1. The van der Waals surface area contributed by atoms with Crippen molar-refractivity contribution in [3.8, 4) is 0 Å².